The Morgan fingerprint density at radius 3 is 2.80 bits per heavy atom. The first-order valence-electron chi connectivity index (χ1n) is 11.9. The Hall–Kier alpha value is -4.22. The number of aliphatic carboxylic acids is 2. The lowest BCUT2D eigenvalue weighted by molar-refractivity contribution is -0.663. The highest BCUT2D eigenvalue weighted by atomic mass is 35.5. The van der Waals surface area contributed by atoms with Gasteiger partial charge in [-0.25, -0.2) is 14.6 Å². The van der Waals surface area contributed by atoms with Crippen molar-refractivity contribution in [2.24, 2.45) is 12.2 Å². The number of β-lactam (4-membered cyclic amide) rings is 1. The van der Waals surface area contributed by atoms with E-state index < -0.39 is 47.0 Å². The summed E-state index contributed by atoms with van der Waals surface area (Å²) >= 11 is 8.30. The molecule has 1 fully saturated rings. The minimum atomic E-state index is -1.40. The second kappa shape index (κ2) is 11.0. The highest BCUT2D eigenvalue weighted by Crippen LogP contribution is 2.40. The molecule has 0 aliphatic carbocycles. The van der Waals surface area contributed by atoms with Crippen LogP contribution in [0, 0.1) is 0 Å². The molecule has 15 nitrogen and oxygen atoms in total. The van der Waals surface area contributed by atoms with Gasteiger partial charge in [-0.2, -0.15) is 9.67 Å². The number of nitrogen functional groups attached to an aromatic ring is 1. The van der Waals surface area contributed by atoms with Gasteiger partial charge in [-0.05, 0) is 13.0 Å². The number of hydrogen-bond acceptors (Lipinski definition) is 11. The summed E-state index contributed by atoms with van der Waals surface area (Å²) in [4.78, 5) is 60.0. The van der Waals surface area contributed by atoms with Gasteiger partial charge in [0.25, 0.3) is 17.3 Å². The van der Waals surface area contributed by atoms with Crippen LogP contribution >= 0.6 is 34.7 Å². The first kappa shape index (κ1) is 28.3. The molecule has 5 heterocycles. The number of pyridine rings is 1. The predicted octanol–water partition coefficient (Wildman–Crippen LogP) is 0.186. The van der Waals surface area contributed by atoms with Crippen LogP contribution in [0.25, 0.3) is 11.0 Å². The van der Waals surface area contributed by atoms with Crippen LogP contribution in [0.1, 0.15) is 12.6 Å². The van der Waals surface area contributed by atoms with Crippen molar-refractivity contribution >= 4 is 80.3 Å². The number of thioether (sulfide) groups is 1. The minimum absolute atomic E-state index is 0.00143. The molecule has 5 N–H and O–H groups in total. The molecule has 1 saturated heterocycles. The molecule has 3 atom stereocenters. The number of halogens is 1. The number of carboxylic acids is 2. The maximum atomic E-state index is 13.2. The summed E-state index contributed by atoms with van der Waals surface area (Å²) in [5.74, 6) is -3.90. The van der Waals surface area contributed by atoms with Crippen molar-refractivity contribution in [1.29, 1.82) is 0 Å². The van der Waals surface area contributed by atoms with E-state index in [0.717, 1.165) is 27.3 Å². The fourth-order valence-electron chi connectivity index (χ4n) is 4.36. The van der Waals surface area contributed by atoms with Gasteiger partial charge in [0.2, 0.25) is 6.10 Å². The van der Waals surface area contributed by atoms with Gasteiger partial charge >= 0.3 is 11.9 Å². The lowest BCUT2D eigenvalue weighted by Gasteiger charge is -2.49. The summed E-state index contributed by atoms with van der Waals surface area (Å²) in [6.07, 6.45) is 2.08. The third-order valence-electron chi connectivity index (χ3n) is 6.38. The summed E-state index contributed by atoms with van der Waals surface area (Å²) in [5.41, 5.74) is 7.06. The summed E-state index contributed by atoms with van der Waals surface area (Å²) in [5, 5.41) is 28.9. The number of rotatable bonds is 9. The molecule has 3 aromatic rings. The maximum Gasteiger partial charge on any atom is 0.352 e. The Labute approximate surface area is 244 Å². The van der Waals surface area contributed by atoms with Crippen LogP contribution in [0.4, 0.5) is 5.13 Å². The topological polar surface area (TPSA) is 206 Å². The van der Waals surface area contributed by atoms with Gasteiger partial charge in [0.15, 0.2) is 23.6 Å². The number of thiazole rings is 1. The van der Waals surface area contributed by atoms with E-state index in [9.17, 15) is 24.3 Å². The second-order valence-electron chi connectivity index (χ2n) is 8.99. The summed E-state index contributed by atoms with van der Waals surface area (Å²) in [7, 11) is 1.80. The SMILES string of the molecule is C[C@H](ON=C(C(=O)NC1C(=O)N2C(C(=O)O)=C(C[n+]3cccc4c3cnn4C)CSC12)c1nc(N)sc1Cl)C(=O)O. The monoisotopic (exact) mass is 621 g/mol. The highest BCUT2D eigenvalue weighted by Gasteiger charge is 2.55. The fraction of sp³-hybridized carbons (Fsp3) is 0.304. The normalized spacial score (nSPS) is 19.5. The number of anilines is 1. The van der Waals surface area contributed by atoms with Crippen molar-refractivity contribution in [1.82, 2.24) is 25.0 Å². The number of aryl methyl sites for hydroxylation is 1. The van der Waals surface area contributed by atoms with Crippen molar-refractivity contribution < 1.29 is 38.8 Å². The lowest BCUT2D eigenvalue weighted by atomic mass is 10.0. The quantitative estimate of drug-likeness (QED) is 0.110. The molecular weight excluding hydrogens is 600 g/mol. The van der Waals surface area contributed by atoms with Crippen LogP contribution in [0.3, 0.4) is 0 Å². The van der Waals surface area contributed by atoms with E-state index in [4.69, 9.17) is 27.3 Å². The molecule has 2 aliphatic heterocycles. The van der Waals surface area contributed by atoms with E-state index in [1.165, 1.54) is 18.7 Å². The number of aromatic nitrogens is 4. The smallest absolute Gasteiger partial charge is 0.352 e. The van der Waals surface area contributed by atoms with Crippen molar-refractivity contribution in [2.45, 2.75) is 31.0 Å². The third-order valence-corrected chi connectivity index (χ3v) is 8.81. The molecule has 2 unspecified atom stereocenters. The van der Waals surface area contributed by atoms with Gasteiger partial charge in [-0.15, -0.1) is 11.8 Å². The van der Waals surface area contributed by atoms with Crippen LogP contribution < -0.4 is 15.6 Å². The first-order valence-corrected chi connectivity index (χ1v) is 14.1. The molecule has 3 aromatic heterocycles. The number of nitrogens with one attached hydrogen (secondary N) is 1. The Morgan fingerprint density at radius 1 is 1.39 bits per heavy atom. The van der Waals surface area contributed by atoms with Gasteiger partial charge in [0.1, 0.15) is 38.9 Å². The Bertz CT molecular complexity index is 1670. The number of amides is 2. The molecule has 0 saturated carbocycles. The third kappa shape index (κ3) is 5.18. The van der Waals surface area contributed by atoms with Gasteiger partial charge in [0.05, 0.1) is 0 Å². The molecule has 41 heavy (non-hydrogen) atoms. The van der Waals surface area contributed by atoms with Crippen molar-refractivity contribution in [2.75, 3.05) is 11.5 Å². The summed E-state index contributed by atoms with van der Waals surface area (Å²) < 4.78 is 3.56. The van der Waals surface area contributed by atoms with Gasteiger partial charge in [-0.1, -0.05) is 28.1 Å². The zero-order valence-electron chi connectivity index (χ0n) is 21.3. The number of nitrogens with two attached hydrogens (primary N) is 1. The molecule has 0 spiro atoms. The number of carbonyl (C=O) groups is 4. The minimum Gasteiger partial charge on any atom is -0.478 e. The molecule has 0 aromatic carbocycles. The second-order valence-corrected chi connectivity index (χ2v) is 11.7. The Morgan fingerprint density at radius 2 is 2.15 bits per heavy atom. The zero-order chi connectivity index (χ0) is 29.6. The average Bonchev–Trinajstić information content (AvgIpc) is 3.47. The van der Waals surface area contributed by atoms with Crippen LogP contribution in [0.5, 0.6) is 0 Å². The number of carbonyl (C=O) groups excluding carboxylic acids is 2. The van der Waals surface area contributed by atoms with E-state index in [0.29, 0.717) is 5.57 Å². The lowest BCUT2D eigenvalue weighted by Crippen LogP contribution is -2.71. The number of hydrogen-bond donors (Lipinski definition) is 4. The van der Waals surface area contributed by atoms with Gasteiger partial charge in [0, 0.05) is 24.4 Å². The van der Waals surface area contributed by atoms with Crippen molar-refractivity contribution in [3.05, 3.63) is 45.8 Å². The molecule has 214 valence electrons. The molecule has 0 bridgehead atoms. The molecule has 18 heteroatoms. The summed E-state index contributed by atoms with van der Waals surface area (Å²) in [6, 6.07) is 2.61. The average molecular weight is 622 g/mol. The zero-order valence-corrected chi connectivity index (χ0v) is 23.7. The molecule has 0 radical (unpaired) electrons. The number of carboxylic acid groups (broad SMARTS) is 2. The van der Waals surface area contributed by atoms with Crippen LogP contribution in [0.2, 0.25) is 4.34 Å². The molecule has 2 aliphatic rings. The first-order chi connectivity index (χ1) is 19.5. The van der Waals surface area contributed by atoms with E-state index >= 15 is 0 Å². The van der Waals surface area contributed by atoms with Crippen molar-refractivity contribution in [3.63, 3.8) is 0 Å². The number of oxime groups is 1. The van der Waals surface area contributed by atoms with Crippen LogP contribution in [-0.2, 0) is 37.6 Å². The Kier molecular flexibility index (Phi) is 7.58. The van der Waals surface area contributed by atoms with E-state index in [-0.39, 0.29) is 33.2 Å². The molecule has 5 rings (SSSR count). The number of fused-ring (bicyclic) bond motifs is 2. The van der Waals surface area contributed by atoms with E-state index in [2.05, 4.69) is 20.6 Å². The van der Waals surface area contributed by atoms with Crippen LogP contribution in [-0.4, -0.2) is 82.6 Å². The molecule has 2 amide bonds. The van der Waals surface area contributed by atoms with E-state index in [1.54, 1.807) is 24.1 Å². The van der Waals surface area contributed by atoms with Gasteiger partial charge in [-0.3, -0.25) is 19.2 Å². The Balaban J connectivity index is 1.39. The standard InChI is InChI=1S/C23H21ClN8O7S2/c1-9(21(35)36)39-29-14(13-17(24)41-23(25)28-13)18(33)27-15-19(34)32-16(22(37)38)10(8-40-20(15)32)7-31-5-3-4-11-12(31)6-26-30(11)2/h3-6,9,15,20H,7-8H2,1-2H3,(H4-,25,27,28,33,35,36,37,38)/p+1/t9-,15?,20?/m0/s1. The predicted molar refractivity (Wildman–Crippen MR) is 147 cm³/mol. The van der Waals surface area contributed by atoms with Crippen molar-refractivity contribution in [3.8, 4) is 0 Å². The summed E-state index contributed by atoms with van der Waals surface area (Å²) in [6.45, 7) is 1.42. The van der Waals surface area contributed by atoms with E-state index in [1.807, 2.05) is 16.7 Å². The molecular formula is C23H22ClN8O7S2+. The largest absolute Gasteiger partial charge is 0.478 e. The highest BCUT2D eigenvalue weighted by molar-refractivity contribution is 8.00. The van der Waals surface area contributed by atoms with Gasteiger partial charge < -0.3 is 26.1 Å². The maximum absolute atomic E-state index is 13.2. The van der Waals surface area contributed by atoms with Crippen LogP contribution in [0.15, 0.2) is 41.0 Å². The fourth-order valence-corrected chi connectivity index (χ4v) is 6.62. The number of nitrogens with zero attached hydrogens (tertiary/aromatic N) is 6.